The van der Waals surface area contributed by atoms with Gasteiger partial charge in [0.25, 0.3) is 0 Å². The second-order valence-corrected chi connectivity index (χ2v) is 6.66. The van der Waals surface area contributed by atoms with E-state index in [2.05, 4.69) is 13.8 Å². The molecule has 0 aliphatic rings. The van der Waals surface area contributed by atoms with Crippen molar-refractivity contribution in [1.29, 1.82) is 0 Å². The molecule has 0 amide bonds. The second kappa shape index (κ2) is 8.72. The molecular weight excluding hydrogens is 369 g/mol. The normalized spacial score (nSPS) is 13.1. The van der Waals surface area contributed by atoms with Crippen molar-refractivity contribution in [2.45, 2.75) is 19.4 Å². The monoisotopic (exact) mass is 387 g/mol. The Kier molecular flexibility index (Phi) is 7.56. The molecule has 2 N–H and O–H groups in total. The molecule has 0 saturated carbocycles. The van der Waals surface area contributed by atoms with E-state index in [1.807, 2.05) is 0 Å². The Morgan fingerprint density at radius 2 is 1.67 bits per heavy atom. The molecule has 1 atom stereocenters. The Morgan fingerprint density at radius 3 is 2.17 bits per heavy atom. The molecule has 24 heavy (non-hydrogen) atoms. The van der Waals surface area contributed by atoms with Gasteiger partial charge in [0.05, 0.1) is 16.7 Å². The number of rotatable bonds is 6. The van der Waals surface area contributed by atoms with Crippen molar-refractivity contribution < 1.29 is 9.53 Å². The van der Waals surface area contributed by atoms with Gasteiger partial charge in [0.1, 0.15) is 17.6 Å². The number of hydrogen-bond donors (Lipinski definition) is 1. The summed E-state index contributed by atoms with van der Waals surface area (Å²) in [6.07, 6.45) is 0.705. The topological polar surface area (TPSA) is 52.3 Å². The van der Waals surface area contributed by atoms with Gasteiger partial charge in [-0.15, -0.1) is 12.4 Å². The summed E-state index contributed by atoms with van der Waals surface area (Å²) >= 11 is 12.0. The van der Waals surface area contributed by atoms with E-state index in [9.17, 15) is 4.79 Å². The van der Waals surface area contributed by atoms with Crippen molar-refractivity contribution >= 4 is 41.9 Å². The quantitative estimate of drug-likeness (QED) is 0.720. The van der Waals surface area contributed by atoms with E-state index >= 15 is 0 Å². The summed E-state index contributed by atoms with van der Waals surface area (Å²) in [5.41, 5.74) is 6.27. The minimum atomic E-state index is -1.29. The van der Waals surface area contributed by atoms with Crippen molar-refractivity contribution in [3.05, 3.63) is 63.6 Å². The zero-order valence-electron chi connectivity index (χ0n) is 13.5. The van der Waals surface area contributed by atoms with E-state index in [-0.39, 0.29) is 12.4 Å². The predicted molar refractivity (Wildman–Crippen MR) is 102 cm³/mol. The van der Waals surface area contributed by atoms with E-state index in [1.165, 1.54) is 0 Å². The predicted octanol–water partition coefficient (Wildman–Crippen LogP) is 4.85. The molecule has 2 aromatic rings. The number of carbonyl (C=O) groups is 1. The lowest BCUT2D eigenvalue weighted by Gasteiger charge is -2.25. The Hall–Kier alpha value is -1.26. The SMILES string of the molecule is CC(C)COc1ccc(C(N)(C=O)c2ccc(Cl)c(Cl)c2)cc1.Cl. The zero-order valence-corrected chi connectivity index (χ0v) is 15.8. The molecule has 0 aliphatic carbocycles. The summed E-state index contributed by atoms with van der Waals surface area (Å²) in [5, 5.41) is 0.777. The highest BCUT2D eigenvalue weighted by molar-refractivity contribution is 6.42. The summed E-state index contributed by atoms with van der Waals surface area (Å²) in [6, 6.07) is 12.1. The molecule has 0 aromatic heterocycles. The first kappa shape index (κ1) is 20.8. The molecule has 0 aliphatic heterocycles. The van der Waals surface area contributed by atoms with Crippen LogP contribution >= 0.6 is 35.6 Å². The summed E-state index contributed by atoms with van der Waals surface area (Å²) in [6.45, 7) is 4.79. The first-order valence-corrected chi connectivity index (χ1v) is 8.06. The minimum absolute atomic E-state index is 0. The van der Waals surface area contributed by atoms with E-state index < -0.39 is 5.54 Å². The first-order valence-electron chi connectivity index (χ1n) is 7.31. The Balaban J connectivity index is 0.00000288. The largest absolute Gasteiger partial charge is 0.493 e. The average Bonchev–Trinajstić information content (AvgIpc) is 2.55. The first-order chi connectivity index (χ1) is 10.9. The summed E-state index contributed by atoms with van der Waals surface area (Å²) in [5.74, 6) is 1.18. The van der Waals surface area contributed by atoms with Crippen LogP contribution in [0.5, 0.6) is 5.75 Å². The third-order valence-corrected chi connectivity index (χ3v) is 4.24. The number of nitrogens with two attached hydrogens (primary N) is 1. The van der Waals surface area contributed by atoms with Gasteiger partial charge in [-0.1, -0.05) is 55.2 Å². The standard InChI is InChI=1S/C18H19Cl2NO2.ClH/c1-12(2)10-23-15-6-3-13(4-7-15)18(21,11-22)14-5-8-16(19)17(20)9-14;/h3-9,11-12H,10,21H2,1-2H3;1H. The molecule has 0 spiro atoms. The summed E-state index contributed by atoms with van der Waals surface area (Å²) < 4.78 is 5.64. The molecular formula is C18H20Cl3NO2. The fourth-order valence-electron chi connectivity index (χ4n) is 2.15. The summed E-state index contributed by atoms with van der Waals surface area (Å²) in [4.78, 5) is 11.7. The van der Waals surface area contributed by atoms with Crippen molar-refractivity contribution in [3.63, 3.8) is 0 Å². The van der Waals surface area contributed by atoms with Gasteiger partial charge >= 0.3 is 0 Å². The number of benzene rings is 2. The lowest BCUT2D eigenvalue weighted by Crippen LogP contribution is -2.39. The molecule has 3 nitrogen and oxygen atoms in total. The van der Waals surface area contributed by atoms with Crippen LogP contribution < -0.4 is 10.5 Å². The fraction of sp³-hybridized carbons (Fsp3) is 0.278. The maximum absolute atomic E-state index is 11.7. The van der Waals surface area contributed by atoms with Crippen LogP contribution in [0.1, 0.15) is 25.0 Å². The highest BCUT2D eigenvalue weighted by atomic mass is 35.5. The average molecular weight is 389 g/mol. The molecule has 0 saturated heterocycles. The van der Waals surface area contributed by atoms with E-state index in [0.29, 0.717) is 40.0 Å². The van der Waals surface area contributed by atoms with Gasteiger partial charge in [-0.3, -0.25) is 0 Å². The molecule has 2 aromatic carbocycles. The van der Waals surface area contributed by atoms with Gasteiger partial charge < -0.3 is 15.3 Å². The third kappa shape index (κ3) is 4.64. The molecule has 130 valence electrons. The van der Waals surface area contributed by atoms with Gasteiger partial charge in [-0.05, 0) is 41.3 Å². The van der Waals surface area contributed by atoms with Crippen LogP contribution in [0.25, 0.3) is 0 Å². The minimum Gasteiger partial charge on any atom is -0.493 e. The van der Waals surface area contributed by atoms with Crippen LogP contribution in [0, 0.1) is 5.92 Å². The van der Waals surface area contributed by atoms with E-state index in [4.69, 9.17) is 33.7 Å². The molecule has 0 bridgehead atoms. The van der Waals surface area contributed by atoms with Crippen LogP contribution in [0.15, 0.2) is 42.5 Å². The van der Waals surface area contributed by atoms with Crippen LogP contribution in [0.4, 0.5) is 0 Å². The van der Waals surface area contributed by atoms with Crippen LogP contribution in [-0.4, -0.2) is 12.9 Å². The number of hydrogen-bond acceptors (Lipinski definition) is 3. The summed E-state index contributed by atoms with van der Waals surface area (Å²) in [7, 11) is 0. The maximum atomic E-state index is 11.7. The third-order valence-electron chi connectivity index (χ3n) is 3.50. The number of carbonyl (C=O) groups excluding carboxylic acids is 1. The number of ether oxygens (including phenoxy) is 1. The number of halogens is 3. The van der Waals surface area contributed by atoms with Crippen molar-refractivity contribution in [2.75, 3.05) is 6.61 Å². The van der Waals surface area contributed by atoms with Crippen LogP contribution in [0.3, 0.4) is 0 Å². The van der Waals surface area contributed by atoms with Crippen LogP contribution in [-0.2, 0) is 10.3 Å². The van der Waals surface area contributed by atoms with Gasteiger partial charge in [-0.25, -0.2) is 0 Å². The van der Waals surface area contributed by atoms with Gasteiger partial charge in [0.2, 0.25) is 0 Å². The second-order valence-electron chi connectivity index (χ2n) is 5.84. The maximum Gasteiger partial charge on any atom is 0.148 e. The van der Waals surface area contributed by atoms with E-state index in [1.54, 1.807) is 42.5 Å². The van der Waals surface area contributed by atoms with Gasteiger partial charge in [0, 0.05) is 0 Å². The Labute approximate surface area is 158 Å². The molecule has 0 radical (unpaired) electrons. The molecule has 1 unspecified atom stereocenters. The smallest absolute Gasteiger partial charge is 0.148 e. The Bertz CT molecular complexity index is 689. The highest BCUT2D eigenvalue weighted by Crippen LogP contribution is 2.31. The lowest BCUT2D eigenvalue weighted by molar-refractivity contribution is -0.111. The molecule has 0 fully saturated rings. The van der Waals surface area contributed by atoms with Crippen LogP contribution in [0.2, 0.25) is 10.0 Å². The van der Waals surface area contributed by atoms with Crippen molar-refractivity contribution in [2.24, 2.45) is 11.7 Å². The molecule has 0 heterocycles. The molecule has 2 rings (SSSR count). The molecule has 6 heteroatoms. The fourth-order valence-corrected chi connectivity index (χ4v) is 2.44. The lowest BCUT2D eigenvalue weighted by atomic mass is 9.85. The van der Waals surface area contributed by atoms with Gasteiger partial charge in [0.15, 0.2) is 0 Å². The van der Waals surface area contributed by atoms with E-state index in [0.717, 1.165) is 5.75 Å². The zero-order chi connectivity index (χ0) is 17.0. The van der Waals surface area contributed by atoms with Crippen molar-refractivity contribution in [3.8, 4) is 5.75 Å². The highest BCUT2D eigenvalue weighted by Gasteiger charge is 2.29. The van der Waals surface area contributed by atoms with Gasteiger partial charge in [-0.2, -0.15) is 0 Å². The van der Waals surface area contributed by atoms with Crippen molar-refractivity contribution in [1.82, 2.24) is 0 Å². The Morgan fingerprint density at radius 1 is 1.08 bits per heavy atom. The number of aldehydes is 1.